The van der Waals surface area contributed by atoms with Crippen molar-refractivity contribution >= 4 is 11.4 Å². The zero-order valence-electron chi connectivity index (χ0n) is 11.1. The molecule has 0 spiro atoms. The van der Waals surface area contributed by atoms with Crippen LogP contribution in [0, 0.1) is 21.7 Å². The fraction of sp³-hybridized carbons (Fsp3) is 0.143. The molecule has 0 radical (unpaired) electrons. The first kappa shape index (κ1) is 14.7. The number of benzene rings is 2. The van der Waals surface area contributed by atoms with E-state index >= 15 is 0 Å². The zero-order valence-corrected chi connectivity index (χ0v) is 11.1. The number of nitrogens with zero attached hydrogens (tertiary/aromatic N) is 1. The van der Waals surface area contributed by atoms with Gasteiger partial charge in [-0.25, -0.2) is 8.78 Å². The van der Waals surface area contributed by atoms with Gasteiger partial charge in [-0.1, -0.05) is 6.07 Å². The van der Waals surface area contributed by atoms with Crippen LogP contribution in [0.5, 0.6) is 5.75 Å². The second-order valence-corrected chi connectivity index (χ2v) is 4.19. The smallest absolute Gasteiger partial charge is 0.269 e. The fourth-order valence-corrected chi connectivity index (χ4v) is 1.83. The Balaban J connectivity index is 2.26. The number of anilines is 1. The largest absolute Gasteiger partial charge is 0.483 e. The molecule has 0 unspecified atom stereocenters. The Labute approximate surface area is 119 Å². The van der Waals surface area contributed by atoms with E-state index in [1.165, 1.54) is 24.3 Å². The van der Waals surface area contributed by atoms with Crippen LogP contribution < -0.4 is 10.1 Å². The van der Waals surface area contributed by atoms with Crippen LogP contribution in [0.3, 0.4) is 0 Å². The average Bonchev–Trinajstić information content (AvgIpc) is 2.46. The predicted octanol–water partition coefficient (Wildman–Crippen LogP) is 3.49. The number of hydrogen-bond acceptors (Lipinski definition) is 4. The minimum Gasteiger partial charge on any atom is -0.483 e. The van der Waals surface area contributed by atoms with Gasteiger partial charge in [0.2, 0.25) is 0 Å². The molecule has 2 aromatic carbocycles. The number of rotatable bonds is 5. The van der Waals surface area contributed by atoms with Crippen LogP contribution in [-0.4, -0.2) is 12.0 Å². The van der Waals surface area contributed by atoms with Crippen molar-refractivity contribution in [2.24, 2.45) is 0 Å². The van der Waals surface area contributed by atoms with Crippen molar-refractivity contribution in [2.75, 3.05) is 12.4 Å². The minimum atomic E-state index is -0.827. The van der Waals surface area contributed by atoms with Crippen molar-refractivity contribution in [3.05, 3.63) is 63.7 Å². The highest BCUT2D eigenvalue weighted by Crippen LogP contribution is 2.26. The summed E-state index contributed by atoms with van der Waals surface area (Å²) in [5, 5.41) is 13.6. The fourth-order valence-electron chi connectivity index (χ4n) is 1.83. The van der Waals surface area contributed by atoms with E-state index in [4.69, 9.17) is 4.74 Å². The van der Waals surface area contributed by atoms with Crippen molar-refractivity contribution in [2.45, 2.75) is 6.61 Å². The van der Waals surface area contributed by atoms with Crippen LogP contribution in [0.15, 0.2) is 36.4 Å². The lowest BCUT2D eigenvalue weighted by Crippen LogP contribution is -2.04. The number of nitrogens with one attached hydrogen (secondary N) is 1. The van der Waals surface area contributed by atoms with Gasteiger partial charge in [-0.15, -0.1) is 0 Å². The van der Waals surface area contributed by atoms with Gasteiger partial charge in [0.25, 0.3) is 5.69 Å². The molecule has 0 aliphatic rings. The average molecular weight is 294 g/mol. The molecule has 2 rings (SSSR count). The minimum absolute atomic E-state index is 0.124. The van der Waals surface area contributed by atoms with Crippen LogP contribution in [0.1, 0.15) is 5.56 Å². The monoisotopic (exact) mass is 294 g/mol. The summed E-state index contributed by atoms with van der Waals surface area (Å²) in [7, 11) is 1.63. The van der Waals surface area contributed by atoms with Gasteiger partial charge < -0.3 is 10.1 Å². The summed E-state index contributed by atoms with van der Waals surface area (Å²) in [6.07, 6.45) is 0. The number of non-ortho nitro benzene ring substituents is 1. The van der Waals surface area contributed by atoms with E-state index in [-0.39, 0.29) is 12.3 Å². The van der Waals surface area contributed by atoms with Crippen LogP contribution in [-0.2, 0) is 6.61 Å². The third kappa shape index (κ3) is 3.25. The molecule has 0 aliphatic heterocycles. The molecule has 2 aromatic rings. The Hall–Kier alpha value is -2.70. The summed E-state index contributed by atoms with van der Waals surface area (Å²) >= 11 is 0. The normalized spacial score (nSPS) is 10.2. The summed E-state index contributed by atoms with van der Waals surface area (Å²) in [6.45, 7) is -0.199. The molecule has 0 saturated carbocycles. The molecule has 1 N–H and O–H groups in total. The highest BCUT2D eigenvalue weighted by Gasteiger charge is 2.14. The third-order valence-electron chi connectivity index (χ3n) is 2.86. The molecule has 0 atom stereocenters. The maximum absolute atomic E-state index is 13.5. The highest BCUT2D eigenvalue weighted by atomic mass is 19.1. The molecule has 0 saturated heterocycles. The van der Waals surface area contributed by atoms with Gasteiger partial charge in [-0.3, -0.25) is 10.1 Å². The summed E-state index contributed by atoms with van der Waals surface area (Å²) < 4.78 is 32.0. The van der Waals surface area contributed by atoms with E-state index in [1.54, 1.807) is 7.05 Å². The van der Waals surface area contributed by atoms with E-state index in [0.29, 0.717) is 11.3 Å². The van der Waals surface area contributed by atoms with E-state index < -0.39 is 22.3 Å². The molecule has 0 aromatic heterocycles. The lowest BCUT2D eigenvalue weighted by molar-refractivity contribution is -0.384. The third-order valence-corrected chi connectivity index (χ3v) is 2.86. The molecule has 21 heavy (non-hydrogen) atoms. The molecule has 0 amide bonds. The molecule has 0 aliphatic carbocycles. The van der Waals surface area contributed by atoms with Gasteiger partial charge >= 0.3 is 0 Å². The molecule has 7 heteroatoms. The molecule has 110 valence electrons. The number of nitro groups is 1. The van der Waals surface area contributed by atoms with E-state index in [0.717, 1.165) is 12.1 Å². The lowest BCUT2D eigenvalue weighted by atomic mass is 10.1. The predicted molar refractivity (Wildman–Crippen MR) is 73.3 cm³/mol. The number of halogens is 2. The number of nitro benzene ring substituents is 1. The standard InChI is InChI=1S/C14H12F2N2O3/c1-17-13-6-5-10(18(19)20)7-9(13)8-21-14-11(15)3-2-4-12(14)16/h2-7,17H,8H2,1H3. The zero-order chi connectivity index (χ0) is 15.4. The second-order valence-electron chi connectivity index (χ2n) is 4.19. The van der Waals surface area contributed by atoms with Crippen LogP contribution >= 0.6 is 0 Å². The van der Waals surface area contributed by atoms with Crippen molar-refractivity contribution in [1.82, 2.24) is 0 Å². The van der Waals surface area contributed by atoms with Gasteiger partial charge in [0.1, 0.15) is 6.61 Å². The molecule has 5 nitrogen and oxygen atoms in total. The first-order chi connectivity index (χ1) is 10.0. The number of para-hydroxylation sites is 1. The van der Waals surface area contributed by atoms with Crippen LogP contribution in [0.4, 0.5) is 20.2 Å². The Morgan fingerprint density at radius 3 is 2.48 bits per heavy atom. The summed E-state index contributed by atoms with van der Waals surface area (Å²) in [5.74, 6) is -2.16. The number of hydrogen-bond donors (Lipinski definition) is 1. The Morgan fingerprint density at radius 1 is 1.24 bits per heavy atom. The Kier molecular flexibility index (Phi) is 4.32. The van der Waals surface area contributed by atoms with Crippen molar-refractivity contribution in [1.29, 1.82) is 0 Å². The van der Waals surface area contributed by atoms with E-state index in [9.17, 15) is 18.9 Å². The SMILES string of the molecule is CNc1ccc([N+](=O)[O-])cc1COc1c(F)cccc1F. The van der Waals surface area contributed by atoms with Gasteiger partial charge in [0.15, 0.2) is 17.4 Å². The van der Waals surface area contributed by atoms with E-state index in [1.807, 2.05) is 0 Å². The van der Waals surface area contributed by atoms with Crippen LogP contribution in [0.25, 0.3) is 0 Å². The summed E-state index contributed by atoms with van der Waals surface area (Å²) in [6, 6.07) is 7.51. The maximum Gasteiger partial charge on any atom is 0.269 e. The van der Waals surface area contributed by atoms with Crippen LogP contribution in [0.2, 0.25) is 0 Å². The maximum atomic E-state index is 13.5. The summed E-state index contributed by atoms with van der Waals surface area (Å²) in [5.41, 5.74) is 0.883. The molecular formula is C14H12F2N2O3. The quantitative estimate of drug-likeness (QED) is 0.677. The van der Waals surface area contributed by atoms with Crippen molar-refractivity contribution in [3.8, 4) is 5.75 Å². The first-order valence-electron chi connectivity index (χ1n) is 6.05. The Bertz CT molecular complexity index is 657. The highest BCUT2D eigenvalue weighted by molar-refractivity contribution is 5.55. The van der Waals surface area contributed by atoms with Gasteiger partial charge in [0.05, 0.1) is 4.92 Å². The molecule has 0 fully saturated rings. The molecule has 0 heterocycles. The second kappa shape index (κ2) is 6.17. The van der Waals surface area contributed by atoms with Gasteiger partial charge in [-0.2, -0.15) is 0 Å². The molecule has 0 bridgehead atoms. The topological polar surface area (TPSA) is 64.4 Å². The van der Waals surface area contributed by atoms with Gasteiger partial charge in [-0.05, 0) is 18.2 Å². The number of ether oxygens (including phenoxy) is 1. The lowest BCUT2D eigenvalue weighted by Gasteiger charge is -2.11. The van der Waals surface area contributed by atoms with Gasteiger partial charge in [0, 0.05) is 30.4 Å². The summed E-state index contributed by atoms with van der Waals surface area (Å²) in [4.78, 5) is 10.2. The van der Waals surface area contributed by atoms with E-state index in [2.05, 4.69) is 5.32 Å². The van der Waals surface area contributed by atoms with Crippen molar-refractivity contribution in [3.63, 3.8) is 0 Å². The molecular weight excluding hydrogens is 282 g/mol. The van der Waals surface area contributed by atoms with Crippen molar-refractivity contribution < 1.29 is 18.4 Å². The first-order valence-corrected chi connectivity index (χ1v) is 6.05. The Morgan fingerprint density at radius 2 is 1.90 bits per heavy atom.